The Kier molecular flexibility index (Phi) is 5.42. The molecule has 1 aromatic carbocycles. The molecule has 0 radical (unpaired) electrons. The Morgan fingerprint density at radius 2 is 2.18 bits per heavy atom. The maximum Gasteiger partial charge on any atom is 0.292 e. The molecule has 1 aromatic rings. The summed E-state index contributed by atoms with van der Waals surface area (Å²) in [5.41, 5.74) is 1.79. The fourth-order valence-corrected chi connectivity index (χ4v) is 1.60. The summed E-state index contributed by atoms with van der Waals surface area (Å²) in [7, 11) is 1.85. The number of nitrogens with one attached hydrogen (secondary N) is 2. The van der Waals surface area contributed by atoms with Crippen molar-refractivity contribution in [1.82, 2.24) is 5.32 Å². The predicted octanol–water partition coefficient (Wildman–Crippen LogP) is 2.53. The Bertz CT molecular complexity index is 380. The van der Waals surface area contributed by atoms with Gasteiger partial charge in [-0.2, -0.15) is 0 Å². The number of nitro benzene ring substituents is 1. The van der Waals surface area contributed by atoms with Crippen LogP contribution in [0.2, 0.25) is 0 Å². The highest BCUT2D eigenvalue weighted by Gasteiger charge is 2.13. The van der Waals surface area contributed by atoms with Crippen molar-refractivity contribution >= 4 is 11.4 Å². The summed E-state index contributed by atoms with van der Waals surface area (Å²) in [6.45, 7) is 3.56. The minimum Gasteiger partial charge on any atom is -0.379 e. The maximum absolute atomic E-state index is 10.9. The largest absolute Gasteiger partial charge is 0.379 e. The lowest BCUT2D eigenvalue weighted by atomic mass is 10.1. The fourth-order valence-electron chi connectivity index (χ4n) is 1.60. The summed E-state index contributed by atoms with van der Waals surface area (Å²) in [5.74, 6) is 0. The first-order chi connectivity index (χ1) is 8.19. The van der Waals surface area contributed by atoms with Crippen molar-refractivity contribution in [3.63, 3.8) is 0 Å². The van der Waals surface area contributed by atoms with Gasteiger partial charge in [0.05, 0.1) is 4.92 Å². The van der Waals surface area contributed by atoms with E-state index in [9.17, 15) is 10.1 Å². The van der Waals surface area contributed by atoms with Crippen LogP contribution in [0.1, 0.15) is 25.3 Å². The van der Waals surface area contributed by atoms with E-state index in [1.165, 1.54) is 0 Å². The van der Waals surface area contributed by atoms with E-state index in [-0.39, 0.29) is 10.6 Å². The minimum atomic E-state index is -0.350. The molecule has 0 saturated heterocycles. The highest BCUT2D eigenvalue weighted by molar-refractivity contribution is 5.62. The molecule has 0 aliphatic rings. The lowest BCUT2D eigenvalue weighted by Crippen LogP contribution is -2.08. The average Bonchev–Trinajstić information content (AvgIpc) is 2.30. The smallest absolute Gasteiger partial charge is 0.292 e. The zero-order valence-electron chi connectivity index (χ0n) is 10.3. The van der Waals surface area contributed by atoms with E-state index < -0.39 is 0 Å². The summed E-state index contributed by atoms with van der Waals surface area (Å²) >= 11 is 0. The van der Waals surface area contributed by atoms with Gasteiger partial charge in [-0.3, -0.25) is 10.1 Å². The molecular weight excluding hydrogens is 218 g/mol. The van der Waals surface area contributed by atoms with E-state index in [0.29, 0.717) is 12.2 Å². The van der Waals surface area contributed by atoms with E-state index in [2.05, 4.69) is 17.6 Å². The Morgan fingerprint density at radius 3 is 2.76 bits per heavy atom. The van der Waals surface area contributed by atoms with Crippen LogP contribution in [0.4, 0.5) is 11.4 Å². The second-order valence-electron chi connectivity index (χ2n) is 3.92. The molecule has 0 aliphatic heterocycles. The van der Waals surface area contributed by atoms with Crippen molar-refractivity contribution in [1.29, 1.82) is 0 Å². The molecule has 0 bridgehead atoms. The van der Waals surface area contributed by atoms with Crippen molar-refractivity contribution in [3.05, 3.63) is 33.9 Å². The Hall–Kier alpha value is -1.62. The molecule has 0 heterocycles. The van der Waals surface area contributed by atoms with Crippen LogP contribution in [0.5, 0.6) is 0 Å². The van der Waals surface area contributed by atoms with Crippen molar-refractivity contribution in [2.75, 3.05) is 18.9 Å². The lowest BCUT2D eigenvalue weighted by molar-refractivity contribution is -0.384. The molecular formula is C12H19N3O2. The number of hydrogen-bond donors (Lipinski definition) is 2. The highest BCUT2D eigenvalue weighted by atomic mass is 16.6. The van der Waals surface area contributed by atoms with Gasteiger partial charge < -0.3 is 10.6 Å². The molecule has 0 saturated carbocycles. The van der Waals surface area contributed by atoms with Crippen LogP contribution >= 0.6 is 0 Å². The van der Waals surface area contributed by atoms with Crippen molar-refractivity contribution in [2.24, 2.45) is 0 Å². The second-order valence-corrected chi connectivity index (χ2v) is 3.92. The Labute approximate surface area is 101 Å². The zero-order chi connectivity index (χ0) is 12.7. The summed E-state index contributed by atoms with van der Waals surface area (Å²) in [5, 5.41) is 17.0. The van der Waals surface area contributed by atoms with Crippen molar-refractivity contribution in [3.8, 4) is 0 Å². The van der Waals surface area contributed by atoms with Crippen LogP contribution in [0, 0.1) is 10.1 Å². The van der Waals surface area contributed by atoms with E-state index in [1.54, 1.807) is 12.1 Å². The first-order valence-electron chi connectivity index (χ1n) is 5.84. The molecule has 2 N–H and O–H groups in total. The van der Waals surface area contributed by atoms with Gasteiger partial charge in [-0.15, -0.1) is 0 Å². The second kappa shape index (κ2) is 6.85. The number of nitrogens with zero attached hydrogens (tertiary/aromatic N) is 1. The lowest BCUT2D eigenvalue weighted by Gasteiger charge is -2.08. The first kappa shape index (κ1) is 13.4. The zero-order valence-corrected chi connectivity index (χ0v) is 10.3. The van der Waals surface area contributed by atoms with Crippen molar-refractivity contribution < 1.29 is 4.92 Å². The number of unbranched alkanes of at least 4 members (excludes halogenated alkanes) is 1. The van der Waals surface area contributed by atoms with Gasteiger partial charge in [0.25, 0.3) is 5.69 Å². The molecule has 0 unspecified atom stereocenters. The van der Waals surface area contributed by atoms with Crippen LogP contribution < -0.4 is 10.6 Å². The minimum absolute atomic E-state index is 0.140. The van der Waals surface area contributed by atoms with Gasteiger partial charge >= 0.3 is 0 Å². The van der Waals surface area contributed by atoms with Crippen LogP contribution in [0.15, 0.2) is 18.2 Å². The Morgan fingerprint density at radius 1 is 1.41 bits per heavy atom. The molecule has 94 valence electrons. The van der Waals surface area contributed by atoms with Gasteiger partial charge in [-0.1, -0.05) is 19.4 Å². The van der Waals surface area contributed by atoms with Crippen LogP contribution in [-0.4, -0.2) is 18.5 Å². The molecule has 0 aliphatic carbocycles. The molecule has 0 fully saturated rings. The Balaban J connectivity index is 2.86. The van der Waals surface area contributed by atoms with E-state index >= 15 is 0 Å². The molecule has 1 rings (SSSR count). The van der Waals surface area contributed by atoms with Gasteiger partial charge in [-0.25, -0.2) is 0 Å². The van der Waals surface area contributed by atoms with E-state index in [0.717, 1.165) is 24.9 Å². The van der Waals surface area contributed by atoms with Gasteiger partial charge in [0.1, 0.15) is 5.69 Å². The van der Waals surface area contributed by atoms with Gasteiger partial charge in [0.2, 0.25) is 0 Å². The highest BCUT2D eigenvalue weighted by Crippen LogP contribution is 2.25. The van der Waals surface area contributed by atoms with Crippen LogP contribution in [0.25, 0.3) is 0 Å². The number of hydrogen-bond acceptors (Lipinski definition) is 4. The monoisotopic (exact) mass is 237 g/mol. The third-order valence-electron chi connectivity index (χ3n) is 2.48. The third kappa shape index (κ3) is 4.03. The fraction of sp³-hybridized carbons (Fsp3) is 0.500. The van der Waals surface area contributed by atoms with Gasteiger partial charge in [-0.05, 0) is 25.1 Å². The van der Waals surface area contributed by atoms with Crippen LogP contribution in [0.3, 0.4) is 0 Å². The molecule has 0 amide bonds. The third-order valence-corrected chi connectivity index (χ3v) is 2.48. The standard InChI is InChI=1S/C12H19N3O2/c1-3-4-7-14-11-8-10(9-13-2)5-6-12(11)15(16)17/h5-6,8,13-14H,3-4,7,9H2,1-2H3. The number of anilines is 1. The summed E-state index contributed by atoms with van der Waals surface area (Å²) < 4.78 is 0. The SMILES string of the molecule is CCCCNc1cc(CNC)ccc1[N+](=O)[O-]. The molecule has 17 heavy (non-hydrogen) atoms. The summed E-state index contributed by atoms with van der Waals surface area (Å²) in [4.78, 5) is 10.5. The normalized spacial score (nSPS) is 10.2. The van der Waals surface area contributed by atoms with E-state index in [1.807, 2.05) is 13.1 Å². The molecule has 0 atom stereocenters. The molecule has 5 heteroatoms. The van der Waals surface area contributed by atoms with Gasteiger partial charge in [0, 0.05) is 19.2 Å². The molecule has 0 aromatic heterocycles. The summed E-state index contributed by atoms with van der Waals surface area (Å²) in [6.07, 6.45) is 2.07. The maximum atomic E-state index is 10.9. The predicted molar refractivity (Wildman–Crippen MR) is 69.3 cm³/mol. The quantitative estimate of drug-likeness (QED) is 0.434. The topological polar surface area (TPSA) is 67.2 Å². The summed E-state index contributed by atoms with van der Waals surface area (Å²) in [6, 6.07) is 5.17. The van der Waals surface area contributed by atoms with Gasteiger partial charge in [0.15, 0.2) is 0 Å². The molecule has 0 spiro atoms. The average molecular weight is 237 g/mol. The van der Waals surface area contributed by atoms with Crippen molar-refractivity contribution in [2.45, 2.75) is 26.3 Å². The number of nitro groups is 1. The number of benzene rings is 1. The van der Waals surface area contributed by atoms with Crippen LogP contribution in [-0.2, 0) is 6.54 Å². The van der Waals surface area contributed by atoms with E-state index in [4.69, 9.17) is 0 Å². The number of rotatable bonds is 7. The first-order valence-corrected chi connectivity index (χ1v) is 5.84. The molecule has 5 nitrogen and oxygen atoms in total.